The number of fused-ring (bicyclic) bond motifs is 1. The van der Waals surface area contributed by atoms with Crippen molar-refractivity contribution in [2.75, 3.05) is 11.9 Å². The van der Waals surface area contributed by atoms with Crippen LogP contribution >= 0.6 is 0 Å². The molecule has 1 aliphatic rings. The van der Waals surface area contributed by atoms with Gasteiger partial charge < -0.3 is 10.1 Å². The quantitative estimate of drug-likeness (QED) is 0.746. The third kappa shape index (κ3) is 1.83. The SMILES string of the molecule is CCC(=O)c1ccc2c(c1)OCC(=O)N2. The van der Waals surface area contributed by atoms with Gasteiger partial charge in [0.2, 0.25) is 0 Å². The van der Waals surface area contributed by atoms with E-state index in [-0.39, 0.29) is 18.3 Å². The van der Waals surface area contributed by atoms with Gasteiger partial charge in [0, 0.05) is 12.0 Å². The molecule has 1 aromatic rings. The van der Waals surface area contributed by atoms with Crippen molar-refractivity contribution in [3.8, 4) is 5.75 Å². The Morgan fingerprint density at radius 1 is 1.53 bits per heavy atom. The maximum absolute atomic E-state index is 11.4. The minimum atomic E-state index is -0.169. The molecule has 15 heavy (non-hydrogen) atoms. The number of carbonyl (C=O) groups excluding carboxylic acids is 2. The predicted octanol–water partition coefficient (Wildman–Crippen LogP) is 1.61. The summed E-state index contributed by atoms with van der Waals surface area (Å²) in [7, 11) is 0. The van der Waals surface area contributed by atoms with Crippen molar-refractivity contribution in [3.05, 3.63) is 23.8 Å². The minimum Gasteiger partial charge on any atom is -0.482 e. The molecule has 0 bridgehead atoms. The molecule has 0 saturated carbocycles. The number of rotatable bonds is 2. The van der Waals surface area contributed by atoms with Crippen LogP contribution in [0.25, 0.3) is 0 Å². The molecule has 4 heteroatoms. The van der Waals surface area contributed by atoms with E-state index in [1.54, 1.807) is 18.2 Å². The molecule has 1 amide bonds. The van der Waals surface area contributed by atoms with Gasteiger partial charge in [-0.1, -0.05) is 6.92 Å². The zero-order valence-electron chi connectivity index (χ0n) is 8.37. The molecule has 0 radical (unpaired) electrons. The number of carbonyl (C=O) groups is 2. The second-order valence-corrected chi connectivity index (χ2v) is 3.32. The van der Waals surface area contributed by atoms with Gasteiger partial charge in [0.15, 0.2) is 12.4 Å². The number of ether oxygens (including phenoxy) is 1. The lowest BCUT2D eigenvalue weighted by molar-refractivity contribution is -0.118. The fourth-order valence-electron chi connectivity index (χ4n) is 1.45. The summed E-state index contributed by atoms with van der Waals surface area (Å²) in [6, 6.07) is 5.05. The molecule has 78 valence electrons. The Bertz CT molecular complexity index is 426. The van der Waals surface area contributed by atoms with Crippen LogP contribution in [0.1, 0.15) is 23.7 Å². The number of nitrogens with one attached hydrogen (secondary N) is 1. The van der Waals surface area contributed by atoms with E-state index in [1.165, 1.54) is 0 Å². The molecule has 0 aromatic heterocycles. The highest BCUT2D eigenvalue weighted by Gasteiger charge is 2.16. The fourth-order valence-corrected chi connectivity index (χ4v) is 1.45. The Labute approximate surface area is 87.2 Å². The highest BCUT2D eigenvalue weighted by atomic mass is 16.5. The van der Waals surface area contributed by atoms with Crippen molar-refractivity contribution in [2.45, 2.75) is 13.3 Å². The van der Waals surface area contributed by atoms with Crippen molar-refractivity contribution >= 4 is 17.4 Å². The largest absolute Gasteiger partial charge is 0.482 e. The van der Waals surface area contributed by atoms with Crippen LogP contribution in [0.15, 0.2) is 18.2 Å². The standard InChI is InChI=1S/C11H11NO3/c1-2-9(13)7-3-4-8-10(5-7)15-6-11(14)12-8/h3-5H,2,6H2,1H3,(H,12,14). The van der Waals surface area contributed by atoms with Gasteiger partial charge in [-0.05, 0) is 18.2 Å². The molecule has 1 aromatic carbocycles. The maximum atomic E-state index is 11.4. The van der Waals surface area contributed by atoms with Gasteiger partial charge in [-0.25, -0.2) is 0 Å². The molecule has 0 saturated heterocycles. The van der Waals surface area contributed by atoms with Crippen LogP contribution in [-0.4, -0.2) is 18.3 Å². The number of anilines is 1. The molecule has 1 aliphatic heterocycles. The Balaban J connectivity index is 2.34. The van der Waals surface area contributed by atoms with E-state index < -0.39 is 0 Å². The van der Waals surface area contributed by atoms with Crippen molar-refractivity contribution in [3.63, 3.8) is 0 Å². The van der Waals surface area contributed by atoms with Crippen molar-refractivity contribution < 1.29 is 14.3 Å². The smallest absolute Gasteiger partial charge is 0.262 e. The van der Waals surface area contributed by atoms with Gasteiger partial charge in [0.05, 0.1) is 5.69 Å². The Hall–Kier alpha value is -1.84. The van der Waals surface area contributed by atoms with Crippen LogP contribution in [0.4, 0.5) is 5.69 Å². The minimum absolute atomic E-state index is 0.0107. The van der Waals surface area contributed by atoms with Crippen molar-refractivity contribution in [1.82, 2.24) is 0 Å². The van der Waals surface area contributed by atoms with Gasteiger partial charge in [0.25, 0.3) is 5.91 Å². The number of hydrogen-bond donors (Lipinski definition) is 1. The van der Waals surface area contributed by atoms with E-state index >= 15 is 0 Å². The topological polar surface area (TPSA) is 55.4 Å². The number of amides is 1. The summed E-state index contributed by atoms with van der Waals surface area (Å²) in [4.78, 5) is 22.4. The lowest BCUT2D eigenvalue weighted by atomic mass is 10.1. The molecule has 0 aliphatic carbocycles. The van der Waals surface area contributed by atoms with Crippen LogP contribution in [0, 0.1) is 0 Å². The first-order valence-electron chi connectivity index (χ1n) is 4.80. The van der Waals surface area contributed by atoms with Gasteiger partial charge in [-0.3, -0.25) is 9.59 Å². The van der Waals surface area contributed by atoms with E-state index in [0.717, 1.165) is 0 Å². The molecule has 0 fully saturated rings. The molecular formula is C11H11NO3. The van der Waals surface area contributed by atoms with E-state index in [9.17, 15) is 9.59 Å². The number of Topliss-reactive ketones (excluding diaryl/α,β-unsaturated/α-hetero) is 1. The molecule has 0 atom stereocenters. The molecule has 0 unspecified atom stereocenters. The molecular weight excluding hydrogens is 194 g/mol. The van der Waals surface area contributed by atoms with E-state index in [4.69, 9.17) is 4.74 Å². The zero-order valence-corrected chi connectivity index (χ0v) is 8.37. The summed E-state index contributed by atoms with van der Waals surface area (Å²) >= 11 is 0. The van der Waals surface area contributed by atoms with E-state index in [0.29, 0.717) is 23.4 Å². The highest BCUT2D eigenvalue weighted by Crippen LogP contribution is 2.28. The number of ketones is 1. The maximum Gasteiger partial charge on any atom is 0.262 e. The Morgan fingerprint density at radius 3 is 3.07 bits per heavy atom. The average Bonchev–Trinajstić information content (AvgIpc) is 2.27. The molecule has 1 heterocycles. The molecule has 4 nitrogen and oxygen atoms in total. The fraction of sp³-hybridized carbons (Fsp3) is 0.273. The number of hydrogen-bond acceptors (Lipinski definition) is 3. The highest BCUT2D eigenvalue weighted by molar-refractivity contribution is 5.99. The second kappa shape index (κ2) is 3.73. The lowest BCUT2D eigenvalue weighted by Gasteiger charge is -2.18. The Kier molecular flexibility index (Phi) is 2.41. The van der Waals surface area contributed by atoms with Crippen LogP contribution in [-0.2, 0) is 4.79 Å². The van der Waals surface area contributed by atoms with Crippen molar-refractivity contribution in [2.24, 2.45) is 0 Å². The summed E-state index contributed by atoms with van der Waals surface area (Å²) in [6.45, 7) is 1.82. The molecule has 0 spiro atoms. The molecule has 1 N–H and O–H groups in total. The van der Waals surface area contributed by atoms with Gasteiger partial charge in [0.1, 0.15) is 5.75 Å². The second-order valence-electron chi connectivity index (χ2n) is 3.32. The summed E-state index contributed by atoms with van der Waals surface area (Å²) in [5.74, 6) is 0.462. The van der Waals surface area contributed by atoms with Gasteiger partial charge in [-0.2, -0.15) is 0 Å². The first-order valence-corrected chi connectivity index (χ1v) is 4.80. The van der Waals surface area contributed by atoms with E-state index in [2.05, 4.69) is 5.32 Å². The summed E-state index contributed by atoms with van der Waals surface area (Å²) < 4.78 is 5.21. The normalized spacial score (nSPS) is 13.8. The van der Waals surface area contributed by atoms with E-state index in [1.807, 2.05) is 6.92 Å². The summed E-state index contributed by atoms with van der Waals surface area (Å²) in [6.07, 6.45) is 0.463. The third-order valence-corrected chi connectivity index (χ3v) is 2.26. The zero-order chi connectivity index (χ0) is 10.8. The van der Waals surface area contributed by atoms with Crippen molar-refractivity contribution in [1.29, 1.82) is 0 Å². The molecule has 2 rings (SSSR count). The third-order valence-electron chi connectivity index (χ3n) is 2.26. The monoisotopic (exact) mass is 205 g/mol. The first kappa shape index (κ1) is 9.71. The summed E-state index contributed by atoms with van der Waals surface area (Å²) in [5, 5.41) is 2.67. The Morgan fingerprint density at radius 2 is 2.33 bits per heavy atom. The predicted molar refractivity (Wildman–Crippen MR) is 55.2 cm³/mol. The van der Waals surface area contributed by atoms with Crippen LogP contribution in [0.2, 0.25) is 0 Å². The number of benzene rings is 1. The summed E-state index contributed by atoms with van der Waals surface area (Å²) in [5.41, 5.74) is 1.24. The first-order chi connectivity index (χ1) is 7.20. The van der Waals surface area contributed by atoms with Gasteiger partial charge >= 0.3 is 0 Å². The van der Waals surface area contributed by atoms with Gasteiger partial charge in [-0.15, -0.1) is 0 Å². The van der Waals surface area contributed by atoms with Crippen LogP contribution in [0.5, 0.6) is 5.75 Å². The van der Waals surface area contributed by atoms with Crippen LogP contribution < -0.4 is 10.1 Å². The lowest BCUT2D eigenvalue weighted by Crippen LogP contribution is -2.25. The average molecular weight is 205 g/mol. The van der Waals surface area contributed by atoms with Crippen LogP contribution in [0.3, 0.4) is 0 Å².